The summed E-state index contributed by atoms with van der Waals surface area (Å²) in [4.78, 5) is 4.11. The topological polar surface area (TPSA) is 43.8 Å². The monoisotopic (exact) mass is 305 g/mol. The quantitative estimate of drug-likeness (QED) is 0.643. The predicted molar refractivity (Wildman–Crippen MR) is 85.6 cm³/mol. The van der Waals surface area contributed by atoms with Crippen molar-refractivity contribution in [2.45, 2.75) is 45.6 Å². The van der Waals surface area contributed by atoms with E-state index in [0.29, 0.717) is 29.7 Å². The lowest BCUT2D eigenvalue weighted by Gasteiger charge is -2.19. The molecule has 2 rings (SSSR count). The van der Waals surface area contributed by atoms with Crippen LogP contribution in [0.2, 0.25) is 0 Å². The number of benzene rings is 1. The van der Waals surface area contributed by atoms with Gasteiger partial charge in [-0.3, -0.25) is 0 Å². The third-order valence-electron chi connectivity index (χ3n) is 3.88. The molecule has 0 amide bonds. The highest BCUT2D eigenvalue weighted by Crippen LogP contribution is 2.31. The van der Waals surface area contributed by atoms with Crippen molar-refractivity contribution < 1.29 is 8.78 Å². The first-order chi connectivity index (χ1) is 10.4. The van der Waals surface area contributed by atoms with Crippen molar-refractivity contribution in [3.63, 3.8) is 0 Å². The Hall–Kier alpha value is -2.09. The van der Waals surface area contributed by atoms with Gasteiger partial charge in [-0.15, -0.1) is 12.3 Å². The van der Waals surface area contributed by atoms with Gasteiger partial charge in [0.25, 0.3) is 0 Å². The van der Waals surface area contributed by atoms with Crippen LogP contribution in [-0.4, -0.2) is 9.55 Å². The summed E-state index contributed by atoms with van der Waals surface area (Å²) in [6, 6.07) is 5.09. The van der Waals surface area contributed by atoms with E-state index in [1.807, 2.05) is 6.92 Å². The van der Waals surface area contributed by atoms with E-state index in [1.54, 1.807) is 22.8 Å². The van der Waals surface area contributed by atoms with E-state index in [1.165, 1.54) is 0 Å². The number of hydrogen-bond donors (Lipinski definition) is 1. The Kier molecular flexibility index (Phi) is 4.70. The molecule has 22 heavy (non-hydrogen) atoms. The van der Waals surface area contributed by atoms with Gasteiger partial charge in [0.05, 0.1) is 11.0 Å². The molecule has 2 N–H and O–H groups in total. The number of hydrogen-bond acceptors (Lipinski definition) is 2. The Bertz CT molecular complexity index is 692. The Labute approximate surface area is 129 Å². The average molecular weight is 305 g/mol. The van der Waals surface area contributed by atoms with Crippen molar-refractivity contribution in [3.05, 3.63) is 24.0 Å². The summed E-state index contributed by atoms with van der Waals surface area (Å²) in [5, 5.41) is 0. The number of nitrogens with two attached hydrogens (primary N) is 1. The largest absolute Gasteiger partial charge is 0.399 e. The fraction of sp³-hybridized carbons (Fsp3) is 0.471. The van der Waals surface area contributed by atoms with Crippen molar-refractivity contribution in [3.8, 4) is 12.3 Å². The maximum atomic E-state index is 13.9. The number of imidazole rings is 1. The molecule has 0 fully saturated rings. The number of anilines is 1. The molecule has 1 unspecified atom stereocenters. The van der Waals surface area contributed by atoms with Gasteiger partial charge in [-0.1, -0.05) is 13.3 Å². The van der Waals surface area contributed by atoms with Crippen LogP contribution in [0.15, 0.2) is 18.2 Å². The molecular formula is C17H21F2N3. The molecule has 0 aliphatic heterocycles. The third-order valence-corrected chi connectivity index (χ3v) is 3.88. The molecule has 0 saturated carbocycles. The van der Waals surface area contributed by atoms with Gasteiger partial charge in [-0.05, 0) is 30.5 Å². The molecule has 0 bridgehead atoms. The highest BCUT2D eigenvalue weighted by atomic mass is 19.3. The first-order valence-corrected chi connectivity index (χ1v) is 7.44. The number of nitrogens with zero attached hydrogens (tertiary/aromatic N) is 2. The second-order valence-corrected chi connectivity index (χ2v) is 5.70. The number of terminal acetylenes is 1. The van der Waals surface area contributed by atoms with Crippen LogP contribution in [0.3, 0.4) is 0 Å². The summed E-state index contributed by atoms with van der Waals surface area (Å²) in [5.74, 6) is -0.363. The summed E-state index contributed by atoms with van der Waals surface area (Å²) in [6.07, 6.45) is 7.65. The minimum atomic E-state index is -3.00. The van der Waals surface area contributed by atoms with Gasteiger partial charge < -0.3 is 10.3 Å². The molecule has 3 nitrogen and oxygen atoms in total. The molecule has 0 aliphatic carbocycles. The molecular weight excluding hydrogens is 284 g/mol. The number of aromatic nitrogens is 2. The molecule has 5 heteroatoms. The SMILES string of the molecule is C#CCCC(CC)Cn1c(C(C)(F)F)nc2cc(N)ccc21. The molecule has 1 atom stereocenters. The van der Waals surface area contributed by atoms with Crippen LogP contribution in [-0.2, 0) is 12.5 Å². The number of fused-ring (bicyclic) bond motifs is 1. The third kappa shape index (κ3) is 3.38. The van der Waals surface area contributed by atoms with Gasteiger partial charge in [-0.2, -0.15) is 8.78 Å². The van der Waals surface area contributed by atoms with Gasteiger partial charge in [0.1, 0.15) is 0 Å². The summed E-state index contributed by atoms with van der Waals surface area (Å²) in [5.41, 5.74) is 7.43. The summed E-state index contributed by atoms with van der Waals surface area (Å²) < 4.78 is 29.4. The lowest BCUT2D eigenvalue weighted by atomic mass is 10.00. The molecule has 1 aromatic carbocycles. The zero-order chi connectivity index (χ0) is 16.3. The minimum absolute atomic E-state index is 0.216. The van der Waals surface area contributed by atoms with E-state index in [2.05, 4.69) is 10.9 Å². The highest BCUT2D eigenvalue weighted by molar-refractivity contribution is 5.79. The van der Waals surface area contributed by atoms with Crippen LogP contribution >= 0.6 is 0 Å². The average Bonchev–Trinajstić information content (AvgIpc) is 2.81. The molecule has 1 heterocycles. The van der Waals surface area contributed by atoms with Crippen molar-refractivity contribution >= 4 is 16.7 Å². The number of rotatable bonds is 6. The molecule has 2 aromatic rings. The van der Waals surface area contributed by atoms with Crippen molar-refractivity contribution in [2.24, 2.45) is 5.92 Å². The van der Waals surface area contributed by atoms with Gasteiger partial charge in [0.2, 0.25) is 0 Å². The molecule has 0 saturated heterocycles. The van der Waals surface area contributed by atoms with Gasteiger partial charge in [-0.25, -0.2) is 4.98 Å². The molecule has 0 spiro atoms. The fourth-order valence-electron chi connectivity index (χ4n) is 2.64. The van der Waals surface area contributed by atoms with E-state index in [-0.39, 0.29) is 11.7 Å². The number of alkyl halides is 2. The smallest absolute Gasteiger partial charge is 0.302 e. The fourth-order valence-corrected chi connectivity index (χ4v) is 2.64. The van der Waals surface area contributed by atoms with Crippen molar-refractivity contribution in [1.82, 2.24) is 9.55 Å². The zero-order valence-corrected chi connectivity index (χ0v) is 12.9. The molecule has 0 radical (unpaired) electrons. The predicted octanol–water partition coefficient (Wildman–Crippen LogP) is 4.17. The van der Waals surface area contributed by atoms with Crippen LogP contribution in [0.5, 0.6) is 0 Å². The maximum Gasteiger partial charge on any atom is 0.302 e. The lowest BCUT2D eigenvalue weighted by Crippen LogP contribution is -2.19. The molecule has 118 valence electrons. The highest BCUT2D eigenvalue weighted by Gasteiger charge is 2.32. The second kappa shape index (κ2) is 6.35. The van der Waals surface area contributed by atoms with Gasteiger partial charge in [0.15, 0.2) is 5.82 Å². The summed E-state index contributed by atoms with van der Waals surface area (Å²) in [7, 11) is 0. The van der Waals surface area contributed by atoms with Crippen LogP contribution in [0, 0.1) is 18.3 Å². The zero-order valence-electron chi connectivity index (χ0n) is 12.9. The normalized spacial score (nSPS) is 13.2. The van der Waals surface area contributed by atoms with E-state index in [9.17, 15) is 8.78 Å². The Morgan fingerprint density at radius 1 is 1.45 bits per heavy atom. The summed E-state index contributed by atoms with van der Waals surface area (Å²) >= 11 is 0. The van der Waals surface area contributed by atoms with Crippen molar-refractivity contribution in [2.75, 3.05) is 5.73 Å². The number of nitrogen functional groups attached to an aromatic ring is 1. The van der Waals surface area contributed by atoms with Gasteiger partial charge in [0, 0.05) is 25.6 Å². The maximum absolute atomic E-state index is 13.9. The summed E-state index contributed by atoms with van der Waals surface area (Å²) in [6.45, 7) is 3.40. The van der Waals surface area contributed by atoms with Crippen LogP contribution in [0.25, 0.3) is 11.0 Å². The van der Waals surface area contributed by atoms with E-state index < -0.39 is 5.92 Å². The standard InChI is InChI=1S/C17H21F2N3/c1-4-6-7-12(5-2)11-22-15-9-8-13(20)10-14(15)21-16(22)17(3,18)19/h1,8-10,12H,5-7,11,20H2,2-3H3. The van der Waals surface area contributed by atoms with E-state index in [4.69, 9.17) is 12.2 Å². The minimum Gasteiger partial charge on any atom is -0.399 e. The van der Waals surface area contributed by atoms with E-state index in [0.717, 1.165) is 19.8 Å². The Balaban J connectivity index is 2.47. The Morgan fingerprint density at radius 2 is 2.18 bits per heavy atom. The molecule has 1 aromatic heterocycles. The van der Waals surface area contributed by atoms with Crippen LogP contribution < -0.4 is 5.73 Å². The van der Waals surface area contributed by atoms with Gasteiger partial charge >= 0.3 is 5.92 Å². The Morgan fingerprint density at radius 3 is 2.77 bits per heavy atom. The van der Waals surface area contributed by atoms with Crippen molar-refractivity contribution in [1.29, 1.82) is 0 Å². The second-order valence-electron chi connectivity index (χ2n) is 5.70. The van der Waals surface area contributed by atoms with Crippen LogP contribution in [0.4, 0.5) is 14.5 Å². The number of halogens is 2. The van der Waals surface area contributed by atoms with Crippen LogP contribution in [0.1, 0.15) is 38.9 Å². The first kappa shape index (κ1) is 16.3. The first-order valence-electron chi connectivity index (χ1n) is 7.44. The lowest BCUT2D eigenvalue weighted by molar-refractivity contribution is 0.00383. The van der Waals surface area contributed by atoms with E-state index >= 15 is 0 Å². The molecule has 0 aliphatic rings.